The maximum absolute atomic E-state index is 13.0. The van der Waals surface area contributed by atoms with Crippen molar-refractivity contribution in [1.29, 1.82) is 0 Å². The van der Waals surface area contributed by atoms with Gasteiger partial charge >= 0.3 is 0 Å². The molecule has 0 bridgehead atoms. The second-order valence-corrected chi connectivity index (χ2v) is 18.6. The summed E-state index contributed by atoms with van der Waals surface area (Å²) in [6.07, 6.45) is 37.3. The van der Waals surface area contributed by atoms with Crippen molar-refractivity contribution in [3.05, 3.63) is 24.3 Å². The Bertz CT molecular complexity index is 1080. The number of aliphatic hydroxyl groups is 7. The maximum Gasteiger partial charge on any atom is 0.249 e. The Morgan fingerprint density at radius 2 is 0.968 bits per heavy atom. The van der Waals surface area contributed by atoms with E-state index in [9.17, 15) is 40.5 Å². The van der Waals surface area contributed by atoms with Gasteiger partial charge in [0.25, 0.3) is 0 Å². The van der Waals surface area contributed by atoms with Gasteiger partial charge < -0.3 is 50.5 Å². The van der Waals surface area contributed by atoms with Crippen molar-refractivity contribution < 1.29 is 50.0 Å². The number of hydrogen-bond donors (Lipinski definition) is 8. The van der Waals surface area contributed by atoms with Crippen LogP contribution in [0.2, 0.25) is 0 Å². The smallest absolute Gasteiger partial charge is 0.249 e. The Hall–Kier alpha value is -1.41. The highest BCUT2D eigenvalue weighted by Gasteiger charge is 2.44. The molecule has 1 heterocycles. The molecule has 0 aromatic heterocycles. The Balaban J connectivity index is 2.16. The SMILES string of the molecule is CCCCCCCCCCC/C=C\C/C=C\CCCCCCCCCCCCCCCCC(O)C(=O)NC(COC1OC(CO)C(O)C(O)C1O)C(O)C(O)CCCCCCCC. The summed E-state index contributed by atoms with van der Waals surface area (Å²) in [5.41, 5.74) is 0. The lowest BCUT2D eigenvalue weighted by Crippen LogP contribution is -2.60. The van der Waals surface area contributed by atoms with Crippen LogP contribution in [0.4, 0.5) is 0 Å². The Kier molecular flexibility index (Phi) is 39.7. The van der Waals surface area contributed by atoms with Gasteiger partial charge in [0.2, 0.25) is 5.91 Å². The number of hydrogen-bond acceptors (Lipinski definition) is 10. The first kappa shape index (κ1) is 59.6. The summed E-state index contributed by atoms with van der Waals surface area (Å²) in [5, 5.41) is 75.3. The van der Waals surface area contributed by atoms with Gasteiger partial charge in [0, 0.05) is 0 Å². The maximum atomic E-state index is 13.0. The minimum absolute atomic E-state index is 0.260. The first-order valence-electron chi connectivity index (χ1n) is 26.2. The van der Waals surface area contributed by atoms with Gasteiger partial charge in [-0.2, -0.15) is 0 Å². The van der Waals surface area contributed by atoms with Crippen LogP contribution in [0.25, 0.3) is 0 Å². The van der Waals surface area contributed by atoms with Crippen molar-refractivity contribution in [3.63, 3.8) is 0 Å². The average molecular weight is 898 g/mol. The van der Waals surface area contributed by atoms with Crippen molar-refractivity contribution in [2.45, 2.75) is 287 Å². The van der Waals surface area contributed by atoms with E-state index in [1.54, 1.807) is 0 Å². The molecular weight excluding hydrogens is 799 g/mol. The number of aliphatic hydroxyl groups excluding tert-OH is 7. The second-order valence-electron chi connectivity index (χ2n) is 18.6. The summed E-state index contributed by atoms with van der Waals surface area (Å²) in [6, 6.07) is -1.16. The highest BCUT2D eigenvalue weighted by atomic mass is 16.7. The number of rotatable bonds is 44. The molecule has 0 aliphatic carbocycles. The number of nitrogens with one attached hydrogen (secondary N) is 1. The number of ether oxygens (including phenoxy) is 2. The first-order chi connectivity index (χ1) is 30.7. The van der Waals surface area contributed by atoms with E-state index in [1.165, 1.54) is 135 Å². The zero-order valence-corrected chi connectivity index (χ0v) is 40.3. The molecule has 0 spiro atoms. The molecule has 0 radical (unpaired) electrons. The van der Waals surface area contributed by atoms with Gasteiger partial charge in [0.1, 0.15) is 36.6 Å². The highest BCUT2D eigenvalue weighted by Crippen LogP contribution is 2.23. The third-order valence-corrected chi connectivity index (χ3v) is 12.8. The minimum Gasteiger partial charge on any atom is -0.394 e. The van der Waals surface area contributed by atoms with Crippen LogP contribution in [0, 0.1) is 0 Å². The topological polar surface area (TPSA) is 189 Å². The van der Waals surface area contributed by atoms with Crippen molar-refractivity contribution >= 4 is 5.91 Å². The zero-order chi connectivity index (χ0) is 46.2. The predicted molar refractivity (Wildman–Crippen MR) is 256 cm³/mol. The second kappa shape index (κ2) is 42.0. The normalized spacial score (nSPS) is 21.3. The summed E-state index contributed by atoms with van der Waals surface area (Å²) in [4.78, 5) is 13.0. The standard InChI is InChI=1S/C52H99NO10/c1-3-5-7-9-11-12-13-14-15-16-17-18-19-20-21-22-23-24-25-26-27-28-29-30-31-32-33-34-36-38-40-45(56)51(61)53-43(47(57)44(55)39-37-35-10-8-6-4-2)42-62-52-50(60)49(59)48(58)46(41-54)63-52/h17-18,20-21,43-50,52,54-60H,3-16,19,22-42H2,1-2H3,(H,53,61)/b18-17-,21-20-. The highest BCUT2D eigenvalue weighted by molar-refractivity contribution is 5.80. The number of allylic oxidation sites excluding steroid dienone is 4. The fraction of sp³-hybridized carbons (Fsp3) is 0.904. The molecule has 1 aliphatic rings. The molecule has 8 N–H and O–H groups in total. The third-order valence-electron chi connectivity index (χ3n) is 12.8. The van der Waals surface area contributed by atoms with E-state index >= 15 is 0 Å². The fourth-order valence-electron chi connectivity index (χ4n) is 8.41. The molecule has 0 saturated carbocycles. The van der Waals surface area contributed by atoms with E-state index in [0.717, 1.165) is 57.8 Å². The first-order valence-corrected chi connectivity index (χ1v) is 26.2. The molecule has 11 nitrogen and oxygen atoms in total. The molecular formula is C52H99NO10. The molecule has 1 fully saturated rings. The van der Waals surface area contributed by atoms with E-state index in [-0.39, 0.29) is 6.42 Å². The molecule has 0 aromatic carbocycles. The summed E-state index contributed by atoms with van der Waals surface area (Å²) in [7, 11) is 0. The summed E-state index contributed by atoms with van der Waals surface area (Å²) in [6.45, 7) is 3.36. The van der Waals surface area contributed by atoms with E-state index in [4.69, 9.17) is 9.47 Å². The lowest BCUT2D eigenvalue weighted by Gasteiger charge is -2.40. The van der Waals surface area contributed by atoms with E-state index in [2.05, 4.69) is 43.5 Å². The molecule has 11 heteroatoms. The van der Waals surface area contributed by atoms with Crippen LogP contribution in [-0.4, -0.2) is 110 Å². The van der Waals surface area contributed by atoms with E-state index in [0.29, 0.717) is 19.3 Å². The van der Waals surface area contributed by atoms with Gasteiger partial charge in [-0.25, -0.2) is 0 Å². The molecule has 0 aromatic rings. The molecule has 63 heavy (non-hydrogen) atoms. The molecule has 1 rings (SSSR count). The molecule has 9 unspecified atom stereocenters. The largest absolute Gasteiger partial charge is 0.394 e. The third kappa shape index (κ3) is 31.2. The van der Waals surface area contributed by atoms with Crippen LogP contribution in [0.1, 0.15) is 232 Å². The van der Waals surface area contributed by atoms with Gasteiger partial charge in [-0.1, -0.05) is 212 Å². The summed E-state index contributed by atoms with van der Waals surface area (Å²) >= 11 is 0. The lowest BCUT2D eigenvalue weighted by atomic mass is 9.98. The van der Waals surface area contributed by atoms with Crippen LogP contribution in [0.15, 0.2) is 24.3 Å². The zero-order valence-electron chi connectivity index (χ0n) is 40.3. The van der Waals surface area contributed by atoms with Crippen LogP contribution in [0.5, 0.6) is 0 Å². The lowest BCUT2D eigenvalue weighted by molar-refractivity contribution is -0.303. The van der Waals surface area contributed by atoms with Crippen LogP contribution >= 0.6 is 0 Å². The van der Waals surface area contributed by atoms with Crippen molar-refractivity contribution in [2.24, 2.45) is 0 Å². The van der Waals surface area contributed by atoms with Crippen molar-refractivity contribution in [3.8, 4) is 0 Å². The number of carbonyl (C=O) groups is 1. The molecule has 1 aliphatic heterocycles. The van der Waals surface area contributed by atoms with Gasteiger partial charge in [-0.05, 0) is 44.9 Å². The number of amides is 1. The molecule has 372 valence electrons. The Labute approximate surface area is 384 Å². The molecule has 9 atom stereocenters. The molecule has 1 saturated heterocycles. The Morgan fingerprint density at radius 3 is 1.41 bits per heavy atom. The Morgan fingerprint density at radius 1 is 0.556 bits per heavy atom. The van der Waals surface area contributed by atoms with Gasteiger partial charge in [0.15, 0.2) is 6.29 Å². The van der Waals surface area contributed by atoms with Gasteiger partial charge in [-0.15, -0.1) is 0 Å². The predicted octanol–water partition coefficient (Wildman–Crippen LogP) is 9.79. The van der Waals surface area contributed by atoms with E-state index in [1.807, 2.05) is 0 Å². The van der Waals surface area contributed by atoms with Crippen molar-refractivity contribution in [2.75, 3.05) is 13.2 Å². The quantitative estimate of drug-likeness (QED) is 0.0216. The van der Waals surface area contributed by atoms with E-state index < -0.39 is 74.2 Å². The van der Waals surface area contributed by atoms with Crippen LogP contribution in [-0.2, 0) is 14.3 Å². The number of carbonyl (C=O) groups excluding carboxylic acids is 1. The monoisotopic (exact) mass is 898 g/mol. The van der Waals surface area contributed by atoms with Crippen molar-refractivity contribution in [1.82, 2.24) is 5.32 Å². The summed E-state index contributed by atoms with van der Waals surface area (Å²) < 4.78 is 11.0. The van der Waals surface area contributed by atoms with Crippen LogP contribution < -0.4 is 5.32 Å². The van der Waals surface area contributed by atoms with Gasteiger partial charge in [-0.3, -0.25) is 4.79 Å². The van der Waals surface area contributed by atoms with Gasteiger partial charge in [0.05, 0.1) is 25.4 Å². The average Bonchev–Trinajstić information content (AvgIpc) is 3.28. The number of unbranched alkanes of at least 4 members (excludes halogenated alkanes) is 28. The minimum atomic E-state index is -1.66. The fourth-order valence-corrected chi connectivity index (χ4v) is 8.41. The summed E-state index contributed by atoms with van der Waals surface area (Å²) in [5.74, 6) is -0.700. The van der Waals surface area contributed by atoms with Crippen LogP contribution in [0.3, 0.4) is 0 Å². The molecule has 1 amide bonds.